The van der Waals surface area contributed by atoms with Crippen LogP contribution in [0.4, 0.5) is 0 Å². The van der Waals surface area contributed by atoms with Gasteiger partial charge in [-0.15, -0.1) is 10.2 Å². The van der Waals surface area contributed by atoms with Crippen molar-refractivity contribution in [2.75, 3.05) is 0 Å². The second-order valence-corrected chi connectivity index (χ2v) is 7.71. The van der Waals surface area contributed by atoms with Gasteiger partial charge in [0.25, 0.3) is 0 Å². The van der Waals surface area contributed by atoms with E-state index in [0.29, 0.717) is 31.2 Å². The minimum atomic E-state index is 0.403. The molecule has 0 aliphatic carbocycles. The number of para-hydroxylation sites is 1. The first-order chi connectivity index (χ1) is 17.3. The Bertz CT molecular complexity index is 1400. The summed E-state index contributed by atoms with van der Waals surface area (Å²) in [4.78, 5) is 4.66. The summed E-state index contributed by atoms with van der Waals surface area (Å²) in [6.07, 6.45) is 3.96. The van der Waals surface area contributed by atoms with Gasteiger partial charge in [0.2, 0.25) is 0 Å². The molecule has 0 spiro atoms. The fraction of sp³-hybridized carbons (Fsp3) is 0.111. The number of aromatic amines is 1. The van der Waals surface area contributed by atoms with Gasteiger partial charge >= 0.3 is 0 Å². The number of hydrogen-bond donors (Lipinski definition) is 1. The van der Waals surface area contributed by atoms with Gasteiger partial charge in [0.1, 0.15) is 30.5 Å². The molecule has 3 aromatic carbocycles. The maximum absolute atomic E-state index is 5.97. The number of rotatable bonds is 10. The average molecular weight is 466 g/mol. The zero-order valence-electron chi connectivity index (χ0n) is 18.9. The first kappa shape index (κ1) is 22.1. The van der Waals surface area contributed by atoms with E-state index in [2.05, 4.69) is 31.7 Å². The van der Waals surface area contributed by atoms with Gasteiger partial charge < -0.3 is 14.2 Å². The molecule has 0 saturated heterocycles. The Morgan fingerprint density at radius 3 is 2.51 bits per heavy atom. The maximum atomic E-state index is 5.97. The normalized spacial score (nSPS) is 11.1. The van der Waals surface area contributed by atoms with Crippen molar-refractivity contribution < 1.29 is 14.2 Å². The Hall–Kier alpha value is -4.72. The molecule has 0 atom stereocenters. The molecule has 5 rings (SSSR count). The molecule has 0 amide bonds. The molecule has 2 aromatic heterocycles. The summed E-state index contributed by atoms with van der Waals surface area (Å²) < 4.78 is 17.5. The second kappa shape index (κ2) is 10.9. The summed E-state index contributed by atoms with van der Waals surface area (Å²) in [7, 11) is 0. The van der Waals surface area contributed by atoms with Crippen LogP contribution in [0.5, 0.6) is 17.2 Å². The quantitative estimate of drug-likeness (QED) is 0.289. The molecule has 174 valence electrons. The number of H-pyrrole nitrogens is 1. The molecule has 0 saturated carbocycles. The number of tetrazole rings is 1. The van der Waals surface area contributed by atoms with Gasteiger partial charge in [-0.05, 0) is 60.2 Å². The van der Waals surface area contributed by atoms with Gasteiger partial charge in [0.05, 0.1) is 17.5 Å². The Labute approximate surface area is 202 Å². The highest BCUT2D eigenvalue weighted by molar-refractivity contribution is 5.78. The molecular formula is C27H23N5O3. The van der Waals surface area contributed by atoms with E-state index in [4.69, 9.17) is 14.2 Å². The predicted molar refractivity (Wildman–Crippen MR) is 131 cm³/mol. The maximum Gasteiger partial charge on any atom is 0.178 e. The number of nitrogens with zero attached hydrogens (tertiary/aromatic N) is 4. The number of nitrogens with one attached hydrogen (secondary N) is 1. The van der Waals surface area contributed by atoms with Crippen molar-refractivity contribution in [2.45, 2.75) is 19.6 Å². The highest BCUT2D eigenvalue weighted by atomic mass is 16.5. The number of allylic oxidation sites excluding steroid dienone is 1. The topological polar surface area (TPSA) is 95.0 Å². The molecule has 2 heterocycles. The van der Waals surface area contributed by atoms with Crippen LogP contribution < -0.4 is 14.2 Å². The Kier molecular flexibility index (Phi) is 6.90. The zero-order valence-corrected chi connectivity index (χ0v) is 18.9. The lowest BCUT2D eigenvalue weighted by Gasteiger charge is -2.10. The molecule has 5 aromatic rings. The molecule has 0 radical (unpaired) electrons. The van der Waals surface area contributed by atoms with Crippen LogP contribution in [0.1, 0.15) is 17.1 Å². The van der Waals surface area contributed by atoms with Crippen molar-refractivity contribution in [3.63, 3.8) is 0 Å². The molecule has 35 heavy (non-hydrogen) atoms. The molecule has 0 aliphatic rings. The third-order valence-electron chi connectivity index (χ3n) is 5.16. The van der Waals surface area contributed by atoms with E-state index in [-0.39, 0.29) is 0 Å². The van der Waals surface area contributed by atoms with Crippen molar-refractivity contribution in [1.29, 1.82) is 0 Å². The summed E-state index contributed by atoms with van der Waals surface area (Å²) in [6.45, 7) is 0.830. The van der Waals surface area contributed by atoms with Crippen molar-refractivity contribution in [3.8, 4) is 17.2 Å². The van der Waals surface area contributed by atoms with E-state index in [0.717, 1.165) is 33.7 Å². The van der Waals surface area contributed by atoms with Crippen molar-refractivity contribution in [1.82, 2.24) is 25.6 Å². The van der Waals surface area contributed by atoms with E-state index >= 15 is 0 Å². The monoisotopic (exact) mass is 465 g/mol. The fourth-order valence-electron chi connectivity index (χ4n) is 3.40. The van der Waals surface area contributed by atoms with E-state index in [1.54, 1.807) is 6.26 Å². The van der Waals surface area contributed by atoms with Crippen molar-refractivity contribution in [3.05, 3.63) is 114 Å². The van der Waals surface area contributed by atoms with E-state index < -0.39 is 0 Å². The second-order valence-electron chi connectivity index (χ2n) is 7.71. The lowest BCUT2D eigenvalue weighted by Crippen LogP contribution is -2.00. The SMILES string of the molecule is C(=COc1ccc(OCc2cccc(OCc3ccc4ccccc4n3)c2)cc1)Cc1nn[nH]n1. The minimum Gasteiger partial charge on any atom is -0.489 e. The number of benzene rings is 3. The Balaban J connectivity index is 1.10. The van der Waals surface area contributed by atoms with Gasteiger partial charge in [-0.25, -0.2) is 4.98 Å². The van der Waals surface area contributed by atoms with Gasteiger partial charge in [0, 0.05) is 11.8 Å². The predicted octanol–water partition coefficient (Wildman–Crippen LogP) is 5.04. The smallest absolute Gasteiger partial charge is 0.178 e. The molecule has 8 heteroatoms. The van der Waals surface area contributed by atoms with Gasteiger partial charge in [-0.3, -0.25) is 0 Å². The van der Waals surface area contributed by atoms with E-state index in [1.807, 2.05) is 84.9 Å². The number of pyridine rings is 1. The Morgan fingerprint density at radius 1 is 0.771 bits per heavy atom. The fourth-order valence-corrected chi connectivity index (χ4v) is 3.40. The van der Waals surface area contributed by atoms with Crippen LogP contribution in [0.15, 0.2) is 97.3 Å². The molecule has 0 bridgehead atoms. The summed E-state index contributed by atoms with van der Waals surface area (Å²) in [6, 6.07) is 27.4. The third-order valence-corrected chi connectivity index (χ3v) is 5.16. The first-order valence-electron chi connectivity index (χ1n) is 11.2. The van der Waals surface area contributed by atoms with Gasteiger partial charge in [-0.2, -0.15) is 5.21 Å². The van der Waals surface area contributed by atoms with Crippen LogP contribution in [0.25, 0.3) is 10.9 Å². The lowest BCUT2D eigenvalue weighted by atomic mass is 10.2. The third kappa shape index (κ3) is 6.20. The standard InChI is InChI=1S/C27H23N5O3/c1-2-8-26-21(6-1)10-11-22(28-26)19-35-25-7-3-5-20(17-25)18-34-24-14-12-23(13-15-24)33-16-4-9-27-29-31-32-30-27/h1-8,10-17H,9,18-19H2,(H,29,30,31,32). The molecular weight excluding hydrogens is 442 g/mol. The average Bonchev–Trinajstić information content (AvgIpc) is 3.43. The molecule has 1 N–H and O–H groups in total. The summed E-state index contributed by atoms with van der Waals surface area (Å²) >= 11 is 0. The molecule has 0 aliphatic heterocycles. The molecule has 8 nitrogen and oxygen atoms in total. The van der Waals surface area contributed by atoms with Crippen LogP contribution >= 0.6 is 0 Å². The number of aromatic nitrogens is 5. The first-order valence-corrected chi connectivity index (χ1v) is 11.2. The molecule has 0 fully saturated rings. The summed E-state index contributed by atoms with van der Waals surface area (Å²) in [5.41, 5.74) is 2.86. The van der Waals surface area contributed by atoms with Crippen LogP contribution in [-0.4, -0.2) is 25.6 Å². The highest BCUT2D eigenvalue weighted by Crippen LogP contribution is 2.21. The number of fused-ring (bicyclic) bond motifs is 1. The van der Waals surface area contributed by atoms with Gasteiger partial charge in [0.15, 0.2) is 5.82 Å². The minimum absolute atomic E-state index is 0.403. The summed E-state index contributed by atoms with van der Waals surface area (Å²) in [5, 5.41) is 14.8. The van der Waals surface area contributed by atoms with Gasteiger partial charge in [-0.1, -0.05) is 41.6 Å². The highest BCUT2D eigenvalue weighted by Gasteiger charge is 2.03. The van der Waals surface area contributed by atoms with Crippen LogP contribution in [-0.2, 0) is 19.6 Å². The van der Waals surface area contributed by atoms with Crippen LogP contribution in [0.2, 0.25) is 0 Å². The lowest BCUT2D eigenvalue weighted by molar-refractivity contribution is 0.293. The van der Waals surface area contributed by atoms with E-state index in [1.165, 1.54) is 0 Å². The van der Waals surface area contributed by atoms with Crippen molar-refractivity contribution >= 4 is 10.9 Å². The van der Waals surface area contributed by atoms with E-state index in [9.17, 15) is 0 Å². The van der Waals surface area contributed by atoms with Crippen LogP contribution in [0.3, 0.4) is 0 Å². The number of ether oxygens (including phenoxy) is 3. The molecule has 0 unspecified atom stereocenters. The Morgan fingerprint density at radius 2 is 1.63 bits per heavy atom. The number of hydrogen-bond acceptors (Lipinski definition) is 7. The zero-order chi connectivity index (χ0) is 23.7. The summed E-state index contributed by atoms with van der Waals surface area (Å²) in [5.74, 6) is 2.84. The van der Waals surface area contributed by atoms with Crippen LogP contribution in [0, 0.1) is 0 Å². The largest absolute Gasteiger partial charge is 0.489 e. The van der Waals surface area contributed by atoms with Crippen molar-refractivity contribution in [2.24, 2.45) is 0 Å².